The summed E-state index contributed by atoms with van der Waals surface area (Å²) in [6.07, 6.45) is 1.62. The van der Waals surface area contributed by atoms with Gasteiger partial charge in [0.1, 0.15) is 18.4 Å². The van der Waals surface area contributed by atoms with Crippen molar-refractivity contribution in [3.05, 3.63) is 60.2 Å². The molecule has 0 spiro atoms. The number of carboxylic acids is 1. The second-order valence-corrected chi connectivity index (χ2v) is 6.76. The quantitative estimate of drug-likeness (QED) is 0.762. The zero-order valence-electron chi connectivity index (χ0n) is 15.1. The Balaban J connectivity index is 1.47. The molecule has 1 unspecified atom stereocenters. The van der Waals surface area contributed by atoms with Gasteiger partial charge in [-0.3, -0.25) is 0 Å². The Hall–Kier alpha value is -2.53. The van der Waals surface area contributed by atoms with Gasteiger partial charge in [0.15, 0.2) is 0 Å². The lowest BCUT2D eigenvalue weighted by Crippen LogP contribution is -2.35. The van der Waals surface area contributed by atoms with E-state index in [4.69, 9.17) is 4.74 Å². The Morgan fingerprint density at radius 2 is 1.96 bits per heavy atom. The van der Waals surface area contributed by atoms with Gasteiger partial charge in [0, 0.05) is 24.8 Å². The molecule has 0 aliphatic carbocycles. The average Bonchev–Trinajstić information content (AvgIpc) is 3.16. The fourth-order valence-corrected chi connectivity index (χ4v) is 3.23. The second kappa shape index (κ2) is 8.72. The predicted molar refractivity (Wildman–Crippen MR) is 103 cm³/mol. The molecule has 0 aromatic heterocycles. The number of hydrogen-bond donors (Lipinski definition) is 2. The number of nitrogens with zero attached hydrogens (tertiary/aromatic N) is 1. The van der Waals surface area contributed by atoms with E-state index in [2.05, 4.69) is 24.4 Å². The van der Waals surface area contributed by atoms with Gasteiger partial charge in [-0.05, 0) is 49.6 Å². The topological polar surface area (TPSA) is 61.8 Å². The van der Waals surface area contributed by atoms with Crippen LogP contribution in [0.25, 0.3) is 0 Å². The van der Waals surface area contributed by atoms with Crippen molar-refractivity contribution in [2.45, 2.75) is 38.4 Å². The first kappa shape index (κ1) is 18.3. The van der Waals surface area contributed by atoms with E-state index >= 15 is 0 Å². The van der Waals surface area contributed by atoms with Crippen LogP contribution in [0.4, 0.5) is 5.69 Å². The number of aliphatic carboxylic acids is 1. The molecule has 0 saturated carbocycles. The smallest absolute Gasteiger partial charge is 0.326 e. The lowest BCUT2D eigenvalue weighted by molar-refractivity contribution is -0.138. The van der Waals surface area contributed by atoms with Crippen LogP contribution in [-0.2, 0) is 11.3 Å². The first-order chi connectivity index (χ1) is 12.6. The molecule has 0 radical (unpaired) electrons. The average molecular weight is 354 g/mol. The van der Waals surface area contributed by atoms with E-state index in [1.165, 1.54) is 5.56 Å². The van der Waals surface area contributed by atoms with E-state index in [-0.39, 0.29) is 6.04 Å². The summed E-state index contributed by atoms with van der Waals surface area (Å²) in [6, 6.07) is 17.8. The van der Waals surface area contributed by atoms with E-state index in [1.54, 1.807) is 0 Å². The maximum atomic E-state index is 11.3. The number of anilines is 1. The molecule has 5 nitrogen and oxygen atoms in total. The lowest BCUT2D eigenvalue weighted by Gasteiger charge is -2.24. The van der Waals surface area contributed by atoms with Crippen molar-refractivity contribution in [2.75, 3.05) is 18.1 Å². The minimum absolute atomic E-state index is 0.227. The number of carboxylic acid groups (broad SMARTS) is 1. The van der Waals surface area contributed by atoms with Gasteiger partial charge in [-0.25, -0.2) is 4.79 Å². The molecule has 2 N–H and O–H groups in total. The third-order valence-corrected chi connectivity index (χ3v) is 4.70. The maximum Gasteiger partial charge on any atom is 0.326 e. The number of ether oxygens (including phenoxy) is 1. The SMILES string of the molecule is CC(COc1ccc(N2CCC[C@H]2C(=O)O)cc1)NCc1ccccc1. The number of nitrogens with one attached hydrogen (secondary N) is 1. The molecule has 0 amide bonds. The molecule has 1 heterocycles. The normalized spacial score (nSPS) is 17.9. The molecular weight excluding hydrogens is 328 g/mol. The molecule has 1 aliphatic heterocycles. The standard InChI is InChI=1S/C21H26N2O3/c1-16(22-14-17-6-3-2-4-7-17)15-26-19-11-9-18(10-12-19)23-13-5-8-20(23)21(24)25/h2-4,6-7,9-12,16,20,22H,5,8,13-15H2,1H3,(H,24,25)/t16?,20-/m0/s1. The van der Waals surface area contributed by atoms with Crippen molar-refractivity contribution in [3.8, 4) is 5.75 Å². The van der Waals surface area contributed by atoms with Crippen molar-refractivity contribution >= 4 is 11.7 Å². The molecule has 1 aliphatic rings. The second-order valence-electron chi connectivity index (χ2n) is 6.76. The number of benzene rings is 2. The van der Waals surface area contributed by atoms with Crippen LogP contribution in [0.1, 0.15) is 25.3 Å². The Morgan fingerprint density at radius 1 is 1.23 bits per heavy atom. The highest BCUT2D eigenvalue weighted by Crippen LogP contribution is 2.27. The Morgan fingerprint density at radius 3 is 2.65 bits per heavy atom. The lowest BCUT2D eigenvalue weighted by atomic mass is 10.2. The highest BCUT2D eigenvalue weighted by Gasteiger charge is 2.30. The van der Waals surface area contributed by atoms with Crippen LogP contribution in [0, 0.1) is 0 Å². The van der Waals surface area contributed by atoms with Gasteiger partial charge in [0.25, 0.3) is 0 Å². The number of hydrogen-bond acceptors (Lipinski definition) is 4. The van der Waals surface area contributed by atoms with Crippen LogP contribution in [-0.4, -0.2) is 36.3 Å². The minimum atomic E-state index is -0.749. The third-order valence-electron chi connectivity index (χ3n) is 4.70. The van der Waals surface area contributed by atoms with E-state index in [0.717, 1.165) is 30.9 Å². The van der Waals surface area contributed by atoms with Crippen molar-refractivity contribution < 1.29 is 14.6 Å². The molecule has 2 aromatic rings. The molecule has 5 heteroatoms. The largest absolute Gasteiger partial charge is 0.492 e. The first-order valence-corrected chi connectivity index (χ1v) is 9.13. The highest BCUT2D eigenvalue weighted by atomic mass is 16.5. The van der Waals surface area contributed by atoms with Crippen LogP contribution in [0.2, 0.25) is 0 Å². The number of carbonyl (C=O) groups is 1. The van der Waals surface area contributed by atoms with Crippen LogP contribution in [0.3, 0.4) is 0 Å². The fourth-order valence-electron chi connectivity index (χ4n) is 3.23. The van der Waals surface area contributed by atoms with Gasteiger partial charge >= 0.3 is 5.97 Å². The molecule has 3 rings (SSSR count). The van der Waals surface area contributed by atoms with Gasteiger partial charge in [-0.2, -0.15) is 0 Å². The summed E-state index contributed by atoms with van der Waals surface area (Å²) in [5.74, 6) is 0.0503. The van der Waals surface area contributed by atoms with E-state index in [9.17, 15) is 9.90 Å². The van der Waals surface area contributed by atoms with Crippen molar-refractivity contribution in [3.63, 3.8) is 0 Å². The predicted octanol–water partition coefficient (Wildman–Crippen LogP) is 3.30. The molecule has 26 heavy (non-hydrogen) atoms. The van der Waals surface area contributed by atoms with E-state index in [1.807, 2.05) is 47.4 Å². The molecule has 138 valence electrons. The summed E-state index contributed by atoms with van der Waals surface area (Å²) in [5, 5.41) is 12.7. The van der Waals surface area contributed by atoms with Crippen LogP contribution >= 0.6 is 0 Å². The molecule has 1 saturated heterocycles. The molecule has 0 bridgehead atoms. The van der Waals surface area contributed by atoms with Gasteiger partial charge in [-0.1, -0.05) is 30.3 Å². The zero-order valence-corrected chi connectivity index (χ0v) is 15.1. The van der Waals surface area contributed by atoms with Gasteiger partial charge in [0.05, 0.1) is 0 Å². The van der Waals surface area contributed by atoms with E-state index in [0.29, 0.717) is 13.0 Å². The van der Waals surface area contributed by atoms with Gasteiger partial charge in [-0.15, -0.1) is 0 Å². The van der Waals surface area contributed by atoms with Gasteiger partial charge < -0.3 is 20.1 Å². The van der Waals surface area contributed by atoms with Crippen LogP contribution in [0.5, 0.6) is 5.75 Å². The Bertz CT molecular complexity index is 703. The summed E-state index contributed by atoms with van der Waals surface area (Å²) < 4.78 is 5.85. The van der Waals surface area contributed by atoms with Crippen LogP contribution in [0.15, 0.2) is 54.6 Å². The number of rotatable bonds is 8. The summed E-state index contributed by atoms with van der Waals surface area (Å²) in [7, 11) is 0. The minimum Gasteiger partial charge on any atom is -0.492 e. The molecule has 2 aromatic carbocycles. The van der Waals surface area contributed by atoms with Crippen molar-refractivity contribution in [2.24, 2.45) is 0 Å². The Kier molecular flexibility index (Phi) is 6.12. The first-order valence-electron chi connectivity index (χ1n) is 9.13. The molecule has 1 fully saturated rings. The summed E-state index contributed by atoms with van der Waals surface area (Å²) in [6.45, 7) is 4.28. The summed E-state index contributed by atoms with van der Waals surface area (Å²) in [5.41, 5.74) is 2.19. The highest BCUT2D eigenvalue weighted by molar-refractivity contribution is 5.79. The Labute approximate surface area is 154 Å². The van der Waals surface area contributed by atoms with Gasteiger partial charge in [0.2, 0.25) is 0 Å². The monoisotopic (exact) mass is 354 g/mol. The van der Waals surface area contributed by atoms with Crippen molar-refractivity contribution in [1.29, 1.82) is 0 Å². The van der Waals surface area contributed by atoms with E-state index < -0.39 is 12.0 Å². The van der Waals surface area contributed by atoms with Crippen LogP contribution < -0.4 is 15.0 Å². The van der Waals surface area contributed by atoms with Crippen molar-refractivity contribution in [1.82, 2.24) is 5.32 Å². The molecule has 2 atom stereocenters. The zero-order chi connectivity index (χ0) is 18.4. The maximum absolute atomic E-state index is 11.3. The fraction of sp³-hybridized carbons (Fsp3) is 0.381. The molecular formula is C21H26N2O3. The summed E-state index contributed by atoms with van der Waals surface area (Å²) >= 11 is 0. The summed E-state index contributed by atoms with van der Waals surface area (Å²) in [4.78, 5) is 13.3. The third kappa shape index (κ3) is 4.76.